The molecule has 0 heterocycles. The fraction of sp³-hybridized carbons (Fsp3) is 0.444. The van der Waals surface area contributed by atoms with E-state index in [1.54, 1.807) is 12.1 Å². The normalized spacial score (nSPS) is 11.4. The van der Waals surface area contributed by atoms with Crippen molar-refractivity contribution in [1.29, 1.82) is 0 Å². The van der Waals surface area contributed by atoms with E-state index in [9.17, 15) is 13.0 Å². The predicted octanol–water partition coefficient (Wildman–Crippen LogP) is 2.11. The molecule has 0 aromatic heterocycles. The molecule has 0 saturated heterocycles. The van der Waals surface area contributed by atoms with Gasteiger partial charge in [0.05, 0.1) is 0 Å². The van der Waals surface area contributed by atoms with Gasteiger partial charge in [-0.25, -0.2) is 0 Å². The molecule has 5 heteroatoms. The average molecular weight is 344 g/mol. The maximum absolute atomic E-state index is 11.8. The third-order valence-electron chi connectivity index (χ3n) is 4.02. The van der Waals surface area contributed by atoms with Crippen LogP contribution in [0, 0.1) is 0 Å². The van der Waals surface area contributed by atoms with Gasteiger partial charge in [0.25, 0.3) is 10.1 Å². The number of unbranched alkanes of at least 4 members (excludes halogenated alkanes) is 5. The first kappa shape index (κ1) is 20.7. The van der Waals surface area contributed by atoms with Crippen LogP contribution in [0.5, 0.6) is 0 Å². The average Bonchev–Trinajstić information content (AvgIpc) is 2.49. The van der Waals surface area contributed by atoms with Crippen molar-refractivity contribution in [2.24, 2.45) is 0 Å². The maximum Gasteiger partial charge on any atom is 1.00 e. The molecule has 0 atom stereocenters. The van der Waals surface area contributed by atoms with Gasteiger partial charge in [-0.05, 0) is 23.8 Å². The van der Waals surface area contributed by atoms with Gasteiger partial charge >= 0.3 is 29.6 Å². The first-order valence-electron chi connectivity index (χ1n) is 8.02. The van der Waals surface area contributed by atoms with E-state index in [1.807, 2.05) is 24.3 Å². The summed E-state index contributed by atoms with van der Waals surface area (Å²) in [6, 6.07) is 11.0. The van der Waals surface area contributed by atoms with Crippen molar-refractivity contribution in [2.45, 2.75) is 56.8 Å². The summed E-state index contributed by atoms with van der Waals surface area (Å²) >= 11 is 0. The number of hydrogen-bond donors (Lipinski definition) is 1. The van der Waals surface area contributed by atoms with E-state index in [-0.39, 0.29) is 35.9 Å². The zero-order valence-corrected chi connectivity index (χ0v) is 16.9. The molecule has 0 radical (unpaired) electrons. The largest absolute Gasteiger partial charge is 1.00 e. The first-order chi connectivity index (χ1) is 10.5. The van der Waals surface area contributed by atoms with E-state index in [4.69, 9.17) is 0 Å². The Kier molecular flexibility index (Phi) is 8.80. The molecule has 23 heavy (non-hydrogen) atoms. The molecule has 3 nitrogen and oxygen atoms in total. The van der Waals surface area contributed by atoms with Crippen LogP contribution in [0.25, 0.3) is 10.8 Å². The standard InChI is InChI=1S/C18H24O3S.Na.H/c1-2-3-4-5-6-7-11-16-14-13-15-10-8-9-12-17(15)18(16)22(19,20)21;;/h8-10,12-14H,2-7,11H2,1H3,(H,19,20,21);;/q;+1;-1. The van der Waals surface area contributed by atoms with Crippen LogP contribution >= 0.6 is 0 Å². The molecule has 0 aliphatic carbocycles. The molecule has 0 bridgehead atoms. The Morgan fingerprint density at radius 2 is 1.61 bits per heavy atom. The third kappa shape index (κ3) is 5.87. The summed E-state index contributed by atoms with van der Waals surface area (Å²) in [7, 11) is -4.21. The molecular formula is C18H25NaO3S. The molecule has 0 saturated carbocycles. The maximum atomic E-state index is 11.8. The van der Waals surface area contributed by atoms with Crippen LogP contribution in [0.1, 0.15) is 52.4 Å². The molecule has 0 unspecified atom stereocenters. The third-order valence-corrected chi connectivity index (χ3v) is 5.02. The van der Waals surface area contributed by atoms with Crippen LogP contribution in [0.3, 0.4) is 0 Å². The minimum atomic E-state index is -4.21. The second-order valence-corrected chi connectivity index (χ2v) is 7.13. The summed E-state index contributed by atoms with van der Waals surface area (Å²) < 4.78 is 33.2. The Morgan fingerprint density at radius 3 is 2.30 bits per heavy atom. The molecular weight excluding hydrogens is 319 g/mol. The van der Waals surface area contributed by atoms with E-state index in [2.05, 4.69) is 6.92 Å². The van der Waals surface area contributed by atoms with Crippen LogP contribution in [0.15, 0.2) is 41.3 Å². The second kappa shape index (κ2) is 9.80. The summed E-state index contributed by atoms with van der Waals surface area (Å²) in [6.45, 7) is 2.19. The minimum Gasteiger partial charge on any atom is -1.00 e. The number of aryl methyl sites for hydroxylation is 1. The molecule has 2 aromatic rings. The van der Waals surface area contributed by atoms with Gasteiger partial charge in [0.15, 0.2) is 0 Å². The first-order valence-corrected chi connectivity index (χ1v) is 9.46. The molecule has 0 amide bonds. The van der Waals surface area contributed by atoms with Crippen LogP contribution in [-0.4, -0.2) is 13.0 Å². The van der Waals surface area contributed by atoms with E-state index < -0.39 is 10.1 Å². The SMILES string of the molecule is CCCCCCCCc1ccc2ccccc2c1S(=O)(=O)O.[H-].[Na+]. The Balaban J connectivity index is 0.00000264. The second-order valence-electron chi connectivity index (χ2n) is 5.77. The van der Waals surface area contributed by atoms with Crippen molar-refractivity contribution >= 4 is 20.9 Å². The summed E-state index contributed by atoms with van der Waals surface area (Å²) in [5, 5.41) is 1.44. The fourth-order valence-electron chi connectivity index (χ4n) is 2.89. The smallest absolute Gasteiger partial charge is 1.00 e. The van der Waals surface area contributed by atoms with E-state index in [0.717, 1.165) is 23.8 Å². The number of fused-ring (bicyclic) bond motifs is 1. The van der Waals surface area contributed by atoms with Gasteiger partial charge in [-0.15, -0.1) is 0 Å². The Hall–Kier alpha value is -0.390. The molecule has 0 aliphatic heterocycles. The molecule has 2 rings (SSSR count). The van der Waals surface area contributed by atoms with Crippen molar-refractivity contribution < 1.29 is 44.0 Å². The van der Waals surface area contributed by atoms with E-state index in [0.29, 0.717) is 11.8 Å². The van der Waals surface area contributed by atoms with Crippen LogP contribution in [0.2, 0.25) is 0 Å². The molecule has 122 valence electrons. The Morgan fingerprint density at radius 1 is 0.957 bits per heavy atom. The summed E-state index contributed by atoms with van der Waals surface area (Å²) in [5.74, 6) is 0. The topological polar surface area (TPSA) is 54.4 Å². The summed E-state index contributed by atoms with van der Waals surface area (Å²) in [6.07, 6.45) is 7.63. The van der Waals surface area contributed by atoms with Gasteiger partial charge in [-0.3, -0.25) is 4.55 Å². The quantitative estimate of drug-likeness (QED) is 0.453. The molecule has 0 spiro atoms. The fourth-order valence-corrected chi connectivity index (χ4v) is 3.85. The molecule has 0 aliphatic rings. The van der Waals surface area contributed by atoms with Gasteiger partial charge in [-0.1, -0.05) is 75.4 Å². The van der Waals surface area contributed by atoms with Gasteiger partial charge in [0.1, 0.15) is 4.90 Å². The van der Waals surface area contributed by atoms with Crippen molar-refractivity contribution in [3.8, 4) is 0 Å². The number of hydrogen-bond acceptors (Lipinski definition) is 2. The molecule has 1 N–H and O–H groups in total. The monoisotopic (exact) mass is 344 g/mol. The number of benzene rings is 2. The predicted molar refractivity (Wildman–Crippen MR) is 92.0 cm³/mol. The van der Waals surface area contributed by atoms with Crippen LogP contribution in [-0.2, 0) is 16.5 Å². The molecule has 0 fully saturated rings. The zero-order chi connectivity index (χ0) is 16.0. The van der Waals surface area contributed by atoms with Gasteiger partial charge in [-0.2, -0.15) is 8.42 Å². The number of rotatable bonds is 8. The Labute approximate surface area is 163 Å². The van der Waals surface area contributed by atoms with Crippen molar-refractivity contribution in [1.82, 2.24) is 0 Å². The van der Waals surface area contributed by atoms with Crippen molar-refractivity contribution in [3.05, 3.63) is 42.0 Å². The van der Waals surface area contributed by atoms with E-state index >= 15 is 0 Å². The van der Waals surface area contributed by atoms with Gasteiger partial charge in [0, 0.05) is 5.39 Å². The molecule has 2 aromatic carbocycles. The van der Waals surface area contributed by atoms with Gasteiger partial charge in [0.2, 0.25) is 0 Å². The summed E-state index contributed by atoms with van der Waals surface area (Å²) in [5.41, 5.74) is 0.719. The summed E-state index contributed by atoms with van der Waals surface area (Å²) in [4.78, 5) is 0.0826. The minimum absolute atomic E-state index is 0. The van der Waals surface area contributed by atoms with Crippen LogP contribution in [0.4, 0.5) is 0 Å². The van der Waals surface area contributed by atoms with Crippen molar-refractivity contribution in [2.75, 3.05) is 0 Å². The van der Waals surface area contributed by atoms with Crippen molar-refractivity contribution in [3.63, 3.8) is 0 Å². The van der Waals surface area contributed by atoms with Gasteiger partial charge < -0.3 is 1.43 Å². The van der Waals surface area contributed by atoms with E-state index in [1.165, 1.54) is 25.7 Å². The Bertz CT molecular complexity index is 732. The van der Waals surface area contributed by atoms with Crippen LogP contribution < -0.4 is 29.6 Å². The zero-order valence-electron chi connectivity index (χ0n) is 15.1.